The van der Waals surface area contributed by atoms with Gasteiger partial charge in [-0.3, -0.25) is 9.59 Å². The molecule has 1 aromatic heterocycles. The number of fused-ring (bicyclic) bond motifs is 1. The van der Waals surface area contributed by atoms with Crippen molar-refractivity contribution >= 4 is 33.4 Å². The molecule has 0 spiro atoms. The van der Waals surface area contributed by atoms with Crippen LogP contribution in [-0.4, -0.2) is 23.6 Å². The van der Waals surface area contributed by atoms with Gasteiger partial charge in [0.2, 0.25) is 5.91 Å². The maximum absolute atomic E-state index is 11.6. The second-order valence-corrected chi connectivity index (χ2v) is 5.59. The Hall–Kier alpha value is -1.95. The van der Waals surface area contributed by atoms with Crippen LogP contribution in [0.25, 0.3) is 10.2 Å². The molecule has 2 aromatic rings. The molecule has 1 heterocycles. The topological polar surface area (TPSA) is 60.7 Å². The smallest absolute Gasteiger partial charge is 0.325 e. The first kappa shape index (κ1) is 14.5. The van der Waals surface area contributed by atoms with Gasteiger partial charge in [0, 0.05) is 6.92 Å². The quantitative estimate of drug-likeness (QED) is 0.795. The van der Waals surface area contributed by atoms with Crippen LogP contribution in [0.2, 0.25) is 0 Å². The van der Waals surface area contributed by atoms with Gasteiger partial charge in [0.25, 0.3) is 0 Å². The lowest BCUT2D eigenvalue weighted by Gasteiger charge is -2.05. The van der Waals surface area contributed by atoms with E-state index in [4.69, 9.17) is 4.74 Å². The highest BCUT2D eigenvalue weighted by molar-refractivity contribution is 7.16. The minimum absolute atomic E-state index is 0.0471. The molecule has 6 heteroatoms. The lowest BCUT2D eigenvalue weighted by Crippen LogP contribution is -2.22. The Morgan fingerprint density at radius 2 is 2.05 bits per heavy atom. The molecule has 0 bridgehead atoms. The number of hydrogen-bond donors (Lipinski definition) is 0. The van der Waals surface area contributed by atoms with Gasteiger partial charge in [0.15, 0.2) is 4.80 Å². The zero-order valence-electron chi connectivity index (χ0n) is 11.9. The van der Waals surface area contributed by atoms with Crippen molar-refractivity contribution in [3.63, 3.8) is 0 Å². The highest BCUT2D eigenvalue weighted by Gasteiger charge is 2.12. The molecular formula is C14H16N2O3S. The van der Waals surface area contributed by atoms with Crippen molar-refractivity contribution in [3.8, 4) is 0 Å². The minimum Gasteiger partial charge on any atom is -0.468 e. The number of aromatic nitrogens is 1. The van der Waals surface area contributed by atoms with Gasteiger partial charge in [0.05, 0.1) is 17.3 Å². The molecule has 20 heavy (non-hydrogen) atoms. The highest BCUT2D eigenvalue weighted by atomic mass is 32.1. The Balaban J connectivity index is 2.78. The van der Waals surface area contributed by atoms with Crippen molar-refractivity contribution in [2.75, 3.05) is 7.11 Å². The molecule has 0 atom stereocenters. The summed E-state index contributed by atoms with van der Waals surface area (Å²) in [5.74, 6) is -0.654. The number of esters is 1. The van der Waals surface area contributed by atoms with Crippen LogP contribution in [0.5, 0.6) is 0 Å². The van der Waals surface area contributed by atoms with E-state index >= 15 is 0 Å². The van der Waals surface area contributed by atoms with E-state index in [-0.39, 0.29) is 18.4 Å². The van der Waals surface area contributed by atoms with E-state index in [0.29, 0.717) is 4.80 Å². The van der Waals surface area contributed by atoms with Crippen molar-refractivity contribution < 1.29 is 14.3 Å². The van der Waals surface area contributed by atoms with Gasteiger partial charge in [-0.25, -0.2) is 0 Å². The van der Waals surface area contributed by atoms with E-state index in [0.717, 1.165) is 21.3 Å². The summed E-state index contributed by atoms with van der Waals surface area (Å²) in [5.41, 5.74) is 3.10. The zero-order chi connectivity index (χ0) is 14.9. The molecule has 1 aromatic carbocycles. The van der Waals surface area contributed by atoms with Crippen LogP contribution >= 0.6 is 11.3 Å². The van der Waals surface area contributed by atoms with Crippen LogP contribution in [0.15, 0.2) is 17.1 Å². The number of hydrogen-bond acceptors (Lipinski definition) is 4. The first-order chi connectivity index (χ1) is 9.42. The standard InChI is InChI=1S/C14H16N2O3S/c1-8-5-9(2)13-11(6-8)16(7-12(18)19-4)14(20-13)15-10(3)17/h5-6H,7H2,1-4H3. The molecule has 0 N–H and O–H groups in total. The maximum Gasteiger partial charge on any atom is 0.325 e. The summed E-state index contributed by atoms with van der Waals surface area (Å²) in [6, 6.07) is 4.06. The average molecular weight is 292 g/mol. The van der Waals surface area contributed by atoms with E-state index < -0.39 is 0 Å². The molecule has 5 nitrogen and oxygen atoms in total. The monoisotopic (exact) mass is 292 g/mol. The third-order valence-electron chi connectivity index (χ3n) is 2.88. The lowest BCUT2D eigenvalue weighted by molar-refractivity contribution is -0.141. The first-order valence-electron chi connectivity index (χ1n) is 6.15. The number of amides is 1. The predicted octanol–water partition coefficient (Wildman–Crippen LogP) is 1.94. The second kappa shape index (κ2) is 5.58. The Kier molecular flexibility index (Phi) is 4.04. The summed E-state index contributed by atoms with van der Waals surface area (Å²) in [4.78, 5) is 27.3. The molecule has 0 aliphatic rings. The molecule has 0 saturated heterocycles. The Morgan fingerprint density at radius 3 is 2.65 bits per heavy atom. The van der Waals surface area contributed by atoms with Crippen molar-refractivity contribution in [2.24, 2.45) is 4.99 Å². The van der Waals surface area contributed by atoms with Crippen LogP contribution in [-0.2, 0) is 20.9 Å². The van der Waals surface area contributed by atoms with Crippen LogP contribution in [0.4, 0.5) is 0 Å². The molecule has 0 saturated carbocycles. The first-order valence-corrected chi connectivity index (χ1v) is 6.96. The normalized spacial score (nSPS) is 11.9. The summed E-state index contributed by atoms with van der Waals surface area (Å²) >= 11 is 1.41. The van der Waals surface area contributed by atoms with E-state index in [1.165, 1.54) is 25.4 Å². The highest BCUT2D eigenvalue weighted by Crippen LogP contribution is 2.23. The number of carbonyl (C=O) groups excluding carboxylic acids is 2. The zero-order valence-corrected chi connectivity index (χ0v) is 12.7. The fraction of sp³-hybridized carbons (Fsp3) is 0.357. The van der Waals surface area contributed by atoms with Gasteiger partial charge in [-0.05, 0) is 31.0 Å². The number of carbonyl (C=O) groups is 2. The van der Waals surface area contributed by atoms with Gasteiger partial charge < -0.3 is 9.30 Å². The summed E-state index contributed by atoms with van der Waals surface area (Å²) in [6.07, 6.45) is 0. The maximum atomic E-state index is 11.6. The van der Waals surface area contributed by atoms with Crippen molar-refractivity contribution in [1.82, 2.24) is 4.57 Å². The number of thiazole rings is 1. The summed E-state index contributed by atoms with van der Waals surface area (Å²) in [6.45, 7) is 5.44. The molecule has 0 unspecified atom stereocenters. The largest absolute Gasteiger partial charge is 0.468 e. The van der Waals surface area contributed by atoms with Crippen LogP contribution in [0, 0.1) is 13.8 Å². The van der Waals surface area contributed by atoms with Crippen molar-refractivity contribution in [3.05, 3.63) is 28.1 Å². The SMILES string of the molecule is COC(=O)Cn1c(=NC(C)=O)sc2c(C)cc(C)cc21. The molecule has 0 aliphatic heterocycles. The van der Waals surface area contributed by atoms with Crippen molar-refractivity contribution in [2.45, 2.75) is 27.3 Å². The van der Waals surface area contributed by atoms with E-state index in [1.807, 2.05) is 19.9 Å². The molecular weight excluding hydrogens is 276 g/mol. The van der Waals surface area contributed by atoms with Crippen molar-refractivity contribution in [1.29, 1.82) is 0 Å². The Morgan fingerprint density at radius 1 is 1.35 bits per heavy atom. The van der Waals surface area contributed by atoms with Gasteiger partial charge >= 0.3 is 5.97 Å². The third kappa shape index (κ3) is 2.80. The predicted molar refractivity (Wildman–Crippen MR) is 77.5 cm³/mol. The molecule has 1 amide bonds. The van der Waals surface area contributed by atoms with Crippen LogP contribution in [0.3, 0.4) is 0 Å². The second-order valence-electron chi connectivity index (χ2n) is 4.61. The molecule has 0 aliphatic carbocycles. The number of rotatable bonds is 2. The van der Waals surface area contributed by atoms with Gasteiger partial charge in [-0.2, -0.15) is 4.99 Å². The fourth-order valence-electron chi connectivity index (χ4n) is 2.08. The summed E-state index contributed by atoms with van der Waals surface area (Å²) < 4.78 is 7.47. The van der Waals surface area contributed by atoms with E-state index in [9.17, 15) is 9.59 Å². The minimum atomic E-state index is -0.367. The number of aryl methyl sites for hydroxylation is 2. The number of methoxy groups -OCH3 is 1. The van der Waals surface area contributed by atoms with E-state index in [2.05, 4.69) is 11.1 Å². The van der Waals surface area contributed by atoms with Gasteiger partial charge in [0.1, 0.15) is 6.54 Å². The van der Waals surface area contributed by atoms with E-state index in [1.54, 1.807) is 4.57 Å². The number of ether oxygens (including phenoxy) is 1. The van der Waals surface area contributed by atoms with Gasteiger partial charge in [-0.15, -0.1) is 0 Å². The van der Waals surface area contributed by atoms with Crippen LogP contribution in [0.1, 0.15) is 18.1 Å². The van der Waals surface area contributed by atoms with Gasteiger partial charge in [-0.1, -0.05) is 17.4 Å². The molecule has 106 valence electrons. The Bertz CT molecular complexity index is 756. The van der Waals surface area contributed by atoms with Crippen LogP contribution < -0.4 is 4.80 Å². The fourth-order valence-corrected chi connectivity index (χ4v) is 3.20. The Labute approximate surface area is 120 Å². The summed E-state index contributed by atoms with van der Waals surface area (Å²) in [5, 5.41) is 0. The average Bonchev–Trinajstić information content (AvgIpc) is 2.67. The lowest BCUT2D eigenvalue weighted by atomic mass is 10.1. The number of nitrogens with zero attached hydrogens (tertiary/aromatic N) is 2. The summed E-state index contributed by atoms with van der Waals surface area (Å²) in [7, 11) is 1.34. The number of benzene rings is 1. The molecule has 0 radical (unpaired) electrons. The molecule has 2 rings (SSSR count). The molecule has 0 fully saturated rings. The third-order valence-corrected chi connectivity index (χ3v) is 4.11.